The zero-order valence-corrected chi connectivity index (χ0v) is 16.1. The Morgan fingerprint density at radius 2 is 1.85 bits per heavy atom. The van der Waals surface area contributed by atoms with Gasteiger partial charge in [-0.3, -0.25) is 9.78 Å². The minimum Gasteiger partial charge on any atom is -0.339 e. The maximum Gasteiger partial charge on any atom is 0.253 e. The number of amides is 1. The van der Waals surface area contributed by atoms with Crippen LogP contribution in [0.2, 0.25) is 0 Å². The average Bonchev–Trinajstić information content (AvgIpc) is 2.65. The van der Waals surface area contributed by atoms with Gasteiger partial charge in [0.1, 0.15) is 0 Å². The Morgan fingerprint density at radius 1 is 1.15 bits per heavy atom. The summed E-state index contributed by atoms with van der Waals surface area (Å²) >= 11 is 0. The first-order valence-electron chi connectivity index (χ1n) is 9.50. The highest BCUT2D eigenvalue weighted by atomic mass is 16.2. The predicted molar refractivity (Wildman–Crippen MR) is 105 cm³/mol. The molecule has 1 amide bonds. The predicted octanol–water partition coefficient (Wildman–Crippen LogP) is 3.48. The van der Waals surface area contributed by atoms with E-state index in [1.807, 2.05) is 56.3 Å². The molecule has 26 heavy (non-hydrogen) atoms. The summed E-state index contributed by atoms with van der Waals surface area (Å²) in [6, 6.07) is 12.5. The van der Waals surface area contributed by atoms with Crippen LogP contribution >= 0.6 is 0 Å². The lowest BCUT2D eigenvalue weighted by Gasteiger charge is -2.36. The van der Waals surface area contributed by atoms with Crippen LogP contribution < -0.4 is 0 Å². The van der Waals surface area contributed by atoms with Gasteiger partial charge in [0.25, 0.3) is 5.91 Å². The summed E-state index contributed by atoms with van der Waals surface area (Å²) < 4.78 is 0. The molecule has 1 aliphatic rings. The zero-order chi connectivity index (χ0) is 18.5. The number of benzene rings is 1. The molecule has 0 spiro atoms. The van der Waals surface area contributed by atoms with Gasteiger partial charge in [-0.1, -0.05) is 23.3 Å². The quantitative estimate of drug-likeness (QED) is 0.827. The third-order valence-electron chi connectivity index (χ3n) is 5.30. The van der Waals surface area contributed by atoms with Gasteiger partial charge in [-0.05, 0) is 51.0 Å². The van der Waals surface area contributed by atoms with Gasteiger partial charge < -0.3 is 9.80 Å². The summed E-state index contributed by atoms with van der Waals surface area (Å²) in [5.41, 5.74) is 4.25. The molecule has 1 aromatic heterocycles. The third-order valence-corrected chi connectivity index (χ3v) is 5.30. The van der Waals surface area contributed by atoms with Crippen LogP contribution in [0.15, 0.2) is 42.6 Å². The van der Waals surface area contributed by atoms with Crippen molar-refractivity contribution in [1.29, 1.82) is 0 Å². The Kier molecular flexibility index (Phi) is 6.04. The highest BCUT2D eigenvalue weighted by Gasteiger charge is 2.26. The fourth-order valence-corrected chi connectivity index (χ4v) is 3.82. The molecular formula is C22H29N3O. The minimum atomic E-state index is 0.142. The number of nitrogens with zero attached hydrogens (tertiary/aromatic N) is 3. The van der Waals surface area contributed by atoms with Crippen LogP contribution in [0.5, 0.6) is 0 Å². The molecule has 0 bridgehead atoms. The summed E-state index contributed by atoms with van der Waals surface area (Å²) in [4.78, 5) is 21.7. The Bertz CT molecular complexity index is 716. The fourth-order valence-electron chi connectivity index (χ4n) is 3.82. The molecular weight excluding hydrogens is 322 g/mol. The summed E-state index contributed by atoms with van der Waals surface area (Å²) in [6.45, 7) is 7.22. The van der Waals surface area contributed by atoms with E-state index in [4.69, 9.17) is 0 Å². The van der Waals surface area contributed by atoms with Crippen molar-refractivity contribution in [3.63, 3.8) is 0 Å². The second-order valence-corrected chi connectivity index (χ2v) is 7.44. The van der Waals surface area contributed by atoms with E-state index >= 15 is 0 Å². The molecule has 2 heterocycles. The molecule has 0 aliphatic carbocycles. The molecule has 0 unspecified atom stereocenters. The van der Waals surface area contributed by atoms with Crippen molar-refractivity contribution in [1.82, 2.24) is 14.8 Å². The van der Waals surface area contributed by atoms with Crippen molar-refractivity contribution in [2.75, 3.05) is 26.7 Å². The first kappa shape index (κ1) is 18.6. The highest BCUT2D eigenvalue weighted by molar-refractivity contribution is 5.94. The van der Waals surface area contributed by atoms with Gasteiger partial charge in [0.05, 0.1) is 0 Å². The Balaban J connectivity index is 1.51. The number of aryl methyl sites for hydroxylation is 2. The molecule has 4 heteroatoms. The maximum absolute atomic E-state index is 12.8. The van der Waals surface area contributed by atoms with Crippen LogP contribution in [0.1, 0.15) is 40.0 Å². The maximum atomic E-state index is 12.8. The van der Waals surface area contributed by atoms with Crippen molar-refractivity contribution in [2.24, 2.45) is 0 Å². The number of hydrogen-bond donors (Lipinski definition) is 0. The van der Waals surface area contributed by atoms with Crippen molar-refractivity contribution < 1.29 is 4.79 Å². The summed E-state index contributed by atoms with van der Waals surface area (Å²) in [7, 11) is 1.95. The summed E-state index contributed by atoms with van der Waals surface area (Å²) in [5, 5.41) is 0. The summed E-state index contributed by atoms with van der Waals surface area (Å²) in [6.07, 6.45) is 4.92. The lowest BCUT2D eigenvalue weighted by Crippen LogP contribution is -2.46. The van der Waals surface area contributed by atoms with E-state index in [9.17, 15) is 4.79 Å². The number of hydrogen-bond acceptors (Lipinski definition) is 3. The topological polar surface area (TPSA) is 36.4 Å². The van der Waals surface area contributed by atoms with Crippen molar-refractivity contribution in [2.45, 2.75) is 39.2 Å². The number of piperidine rings is 1. The van der Waals surface area contributed by atoms with Gasteiger partial charge in [-0.25, -0.2) is 0 Å². The third kappa shape index (κ3) is 4.70. The fraction of sp³-hybridized carbons (Fsp3) is 0.455. The number of carbonyl (C=O) groups excluding carboxylic acids is 1. The number of likely N-dealkylation sites (tertiary alicyclic amines) is 1. The molecule has 0 radical (unpaired) electrons. The van der Waals surface area contributed by atoms with Gasteiger partial charge in [-0.2, -0.15) is 0 Å². The normalized spacial score (nSPS) is 15.8. The molecule has 4 nitrogen and oxygen atoms in total. The van der Waals surface area contributed by atoms with Gasteiger partial charge in [0.15, 0.2) is 0 Å². The smallest absolute Gasteiger partial charge is 0.253 e. The van der Waals surface area contributed by atoms with E-state index < -0.39 is 0 Å². The van der Waals surface area contributed by atoms with Gasteiger partial charge in [-0.15, -0.1) is 0 Å². The van der Waals surface area contributed by atoms with Gasteiger partial charge in [0, 0.05) is 56.6 Å². The highest BCUT2D eigenvalue weighted by Crippen LogP contribution is 2.19. The second kappa shape index (κ2) is 8.45. The molecule has 0 N–H and O–H groups in total. The lowest BCUT2D eigenvalue weighted by atomic mass is 10.0. The molecule has 1 aliphatic heterocycles. The Hall–Kier alpha value is -2.20. The molecule has 1 aromatic carbocycles. The monoisotopic (exact) mass is 351 g/mol. The Morgan fingerprint density at radius 3 is 2.46 bits per heavy atom. The van der Waals surface area contributed by atoms with Crippen LogP contribution in [0, 0.1) is 13.8 Å². The summed E-state index contributed by atoms with van der Waals surface area (Å²) in [5.74, 6) is 0.142. The number of aromatic nitrogens is 1. The lowest BCUT2D eigenvalue weighted by molar-refractivity contribution is 0.0643. The molecule has 2 aromatic rings. The Labute approximate surface area is 156 Å². The van der Waals surface area contributed by atoms with E-state index in [0.717, 1.165) is 61.3 Å². The number of carbonyl (C=O) groups is 1. The zero-order valence-electron chi connectivity index (χ0n) is 16.1. The van der Waals surface area contributed by atoms with Crippen molar-refractivity contribution in [3.8, 4) is 0 Å². The second-order valence-electron chi connectivity index (χ2n) is 7.44. The average molecular weight is 351 g/mol. The van der Waals surface area contributed by atoms with Crippen LogP contribution in [0.3, 0.4) is 0 Å². The van der Waals surface area contributed by atoms with Crippen LogP contribution in [0.25, 0.3) is 0 Å². The van der Waals surface area contributed by atoms with Crippen LogP contribution in [0.4, 0.5) is 0 Å². The van der Waals surface area contributed by atoms with Crippen molar-refractivity contribution in [3.05, 3.63) is 65.0 Å². The number of pyridine rings is 1. The first-order chi connectivity index (χ1) is 12.5. The van der Waals surface area contributed by atoms with Crippen LogP contribution in [-0.2, 0) is 6.42 Å². The van der Waals surface area contributed by atoms with Crippen molar-refractivity contribution >= 4 is 5.91 Å². The molecule has 1 saturated heterocycles. The molecule has 0 saturated carbocycles. The van der Waals surface area contributed by atoms with E-state index in [1.165, 1.54) is 0 Å². The van der Waals surface area contributed by atoms with E-state index in [1.54, 1.807) is 0 Å². The molecule has 3 rings (SSSR count). The number of rotatable bonds is 5. The molecule has 138 valence electrons. The minimum absolute atomic E-state index is 0.142. The van der Waals surface area contributed by atoms with Crippen LogP contribution in [-0.4, -0.2) is 53.4 Å². The standard InChI is InChI=1S/C22H29N3O/c1-17-14-18(2)16-19(15-17)22(26)24(3)21-8-12-25(13-9-21)11-7-20-6-4-5-10-23-20/h4-6,10,14-16,21H,7-9,11-13H2,1-3H3. The SMILES string of the molecule is Cc1cc(C)cc(C(=O)N(C)C2CCN(CCc3ccccn3)CC2)c1. The van der Waals surface area contributed by atoms with Gasteiger partial charge in [0.2, 0.25) is 0 Å². The van der Waals surface area contributed by atoms with E-state index in [0.29, 0.717) is 6.04 Å². The van der Waals surface area contributed by atoms with E-state index in [-0.39, 0.29) is 5.91 Å². The molecule has 0 atom stereocenters. The first-order valence-corrected chi connectivity index (χ1v) is 9.50. The van der Waals surface area contributed by atoms with Gasteiger partial charge >= 0.3 is 0 Å². The molecule has 1 fully saturated rings. The largest absolute Gasteiger partial charge is 0.339 e. The van der Waals surface area contributed by atoms with E-state index in [2.05, 4.69) is 22.0 Å².